The Morgan fingerprint density at radius 3 is 3.07 bits per heavy atom. The number of pyridine rings is 1. The van der Waals surface area contributed by atoms with E-state index in [-0.39, 0.29) is 24.3 Å². The maximum Gasteiger partial charge on any atom is 0.258 e. The topological polar surface area (TPSA) is 45.7 Å². The Kier molecular flexibility index (Phi) is 1.65. The maximum atomic E-state index is 12.1. The van der Waals surface area contributed by atoms with Crippen molar-refractivity contribution in [3.8, 4) is 0 Å². The molecule has 0 N–H and O–H groups in total. The van der Waals surface area contributed by atoms with Gasteiger partial charge in [-0.1, -0.05) is 0 Å². The van der Waals surface area contributed by atoms with Gasteiger partial charge in [-0.05, 0) is 26.0 Å². The fourth-order valence-electron chi connectivity index (χ4n) is 2.12. The van der Waals surface area contributed by atoms with Crippen molar-refractivity contribution in [3.63, 3.8) is 0 Å². The third-order valence-electron chi connectivity index (χ3n) is 2.87. The van der Waals surface area contributed by atoms with Crippen LogP contribution < -0.4 is 0 Å². The fraction of sp³-hybridized carbons (Fsp3) is 0.455. The van der Waals surface area contributed by atoms with Crippen LogP contribution in [0.3, 0.4) is 0 Å². The van der Waals surface area contributed by atoms with Crippen molar-refractivity contribution < 1.29 is 9.53 Å². The van der Waals surface area contributed by atoms with Crippen molar-refractivity contribution in [1.82, 2.24) is 9.88 Å². The molecule has 15 heavy (non-hydrogen) atoms. The molecule has 1 aromatic heterocycles. The summed E-state index contributed by atoms with van der Waals surface area (Å²) in [5, 5.41) is 0. The quantitative estimate of drug-likeness (QED) is 0.648. The van der Waals surface area contributed by atoms with Gasteiger partial charge < -0.3 is 9.64 Å². The van der Waals surface area contributed by atoms with Crippen molar-refractivity contribution in [2.45, 2.75) is 32.2 Å². The SMILES string of the molecule is CC(C)N1C(=O)c2cccnc2C2OC21. The summed E-state index contributed by atoms with van der Waals surface area (Å²) in [4.78, 5) is 18.1. The lowest BCUT2D eigenvalue weighted by Crippen LogP contribution is -2.42. The Labute approximate surface area is 87.9 Å². The molecule has 2 aliphatic heterocycles. The standard InChI is InChI=1S/C11H12N2O2/c1-6(2)13-10(14)7-4-3-5-12-8(7)9-11(13)15-9/h3-6,9,11H,1-2H3. The molecule has 1 amide bonds. The lowest BCUT2D eigenvalue weighted by Gasteiger charge is -2.28. The maximum absolute atomic E-state index is 12.1. The second-order valence-corrected chi connectivity index (χ2v) is 4.19. The normalized spacial score (nSPS) is 27.7. The average Bonchev–Trinajstić information content (AvgIpc) is 2.97. The summed E-state index contributed by atoms with van der Waals surface area (Å²) in [6, 6.07) is 3.77. The van der Waals surface area contributed by atoms with E-state index in [1.807, 2.05) is 19.9 Å². The lowest BCUT2D eigenvalue weighted by molar-refractivity contribution is 0.0596. The number of hydrogen-bond acceptors (Lipinski definition) is 3. The molecule has 0 radical (unpaired) electrons. The van der Waals surface area contributed by atoms with Gasteiger partial charge in [0, 0.05) is 12.2 Å². The number of ether oxygens (including phenoxy) is 1. The Morgan fingerprint density at radius 2 is 2.33 bits per heavy atom. The Morgan fingerprint density at radius 1 is 1.53 bits per heavy atom. The Hall–Kier alpha value is -1.42. The Balaban J connectivity index is 2.09. The molecule has 1 fully saturated rings. The van der Waals surface area contributed by atoms with Gasteiger partial charge >= 0.3 is 0 Å². The van der Waals surface area contributed by atoms with Crippen LogP contribution in [0, 0.1) is 0 Å². The van der Waals surface area contributed by atoms with E-state index in [4.69, 9.17) is 4.74 Å². The summed E-state index contributed by atoms with van der Waals surface area (Å²) in [5.74, 6) is 0.0341. The first-order valence-electron chi connectivity index (χ1n) is 5.13. The van der Waals surface area contributed by atoms with E-state index >= 15 is 0 Å². The van der Waals surface area contributed by atoms with Crippen LogP contribution in [-0.2, 0) is 4.74 Å². The third-order valence-corrected chi connectivity index (χ3v) is 2.87. The molecule has 0 spiro atoms. The van der Waals surface area contributed by atoms with Crippen LogP contribution >= 0.6 is 0 Å². The number of carbonyl (C=O) groups is 1. The third kappa shape index (κ3) is 1.11. The molecule has 0 saturated carbocycles. The number of aromatic nitrogens is 1. The zero-order chi connectivity index (χ0) is 10.6. The molecule has 3 heterocycles. The van der Waals surface area contributed by atoms with Gasteiger partial charge in [-0.25, -0.2) is 0 Å². The van der Waals surface area contributed by atoms with E-state index in [0.717, 1.165) is 5.69 Å². The first-order chi connectivity index (χ1) is 7.20. The number of nitrogens with zero attached hydrogens (tertiary/aromatic N) is 2. The molecule has 0 bridgehead atoms. The molecule has 2 unspecified atom stereocenters. The smallest absolute Gasteiger partial charge is 0.258 e. The summed E-state index contributed by atoms with van der Waals surface area (Å²) in [6.45, 7) is 4.00. The van der Waals surface area contributed by atoms with Crippen LogP contribution in [0.4, 0.5) is 0 Å². The van der Waals surface area contributed by atoms with Crippen LogP contribution in [0.1, 0.15) is 36.0 Å². The second kappa shape index (κ2) is 2.79. The predicted octanol–water partition coefficient (Wildman–Crippen LogP) is 1.34. The van der Waals surface area contributed by atoms with Gasteiger partial charge in [0.2, 0.25) is 0 Å². The van der Waals surface area contributed by atoms with Crippen LogP contribution in [0.25, 0.3) is 0 Å². The molecule has 1 aromatic rings. The molecular formula is C11H12N2O2. The number of hydrogen-bond donors (Lipinski definition) is 0. The molecule has 2 aliphatic rings. The summed E-state index contributed by atoms with van der Waals surface area (Å²) < 4.78 is 5.49. The van der Waals surface area contributed by atoms with E-state index in [0.29, 0.717) is 5.56 Å². The van der Waals surface area contributed by atoms with Gasteiger partial charge in [0.05, 0.1) is 11.3 Å². The van der Waals surface area contributed by atoms with Gasteiger partial charge in [0.25, 0.3) is 5.91 Å². The number of fused-ring (bicyclic) bond motifs is 3. The predicted molar refractivity (Wildman–Crippen MR) is 53.2 cm³/mol. The van der Waals surface area contributed by atoms with E-state index in [1.54, 1.807) is 17.2 Å². The van der Waals surface area contributed by atoms with Crippen molar-refractivity contribution >= 4 is 5.91 Å². The highest BCUT2D eigenvalue weighted by atomic mass is 16.6. The summed E-state index contributed by atoms with van der Waals surface area (Å²) >= 11 is 0. The zero-order valence-electron chi connectivity index (χ0n) is 8.68. The van der Waals surface area contributed by atoms with Crippen molar-refractivity contribution in [2.24, 2.45) is 0 Å². The number of epoxide rings is 1. The van der Waals surface area contributed by atoms with Crippen molar-refractivity contribution in [1.29, 1.82) is 0 Å². The molecule has 4 heteroatoms. The van der Waals surface area contributed by atoms with E-state index in [2.05, 4.69) is 4.98 Å². The number of rotatable bonds is 1. The van der Waals surface area contributed by atoms with E-state index in [1.165, 1.54) is 0 Å². The van der Waals surface area contributed by atoms with Gasteiger partial charge in [-0.2, -0.15) is 0 Å². The molecule has 0 aromatic carbocycles. The van der Waals surface area contributed by atoms with Crippen LogP contribution in [0.5, 0.6) is 0 Å². The molecular weight excluding hydrogens is 192 g/mol. The minimum absolute atomic E-state index is 0.00120. The molecule has 3 rings (SSSR count). The van der Waals surface area contributed by atoms with Gasteiger partial charge in [-0.3, -0.25) is 9.78 Å². The highest BCUT2D eigenvalue weighted by Crippen LogP contribution is 2.46. The first-order valence-corrected chi connectivity index (χ1v) is 5.13. The number of carbonyl (C=O) groups excluding carboxylic acids is 1. The highest BCUT2D eigenvalue weighted by molar-refractivity contribution is 5.97. The number of amides is 1. The van der Waals surface area contributed by atoms with Gasteiger partial charge in [0.15, 0.2) is 6.23 Å². The van der Waals surface area contributed by atoms with Crippen molar-refractivity contribution in [2.75, 3.05) is 0 Å². The molecule has 0 aliphatic carbocycles. The van der Waals surface area contributed by atoms with Crippen molar-refractivity contribution in [3.05, 3.63) is 29.6 Å². The zero-order valence-corrected chi connectivity index (χ0v) is 8.68. The lowest BCUT2D eigenvalue weighted by atomic mass is 10.0. The van der Waals surface area contributed by atoms with E-state index < -0.39 is 0 Å². The fourth-order valence-corrected chi connectivity index (χ4v) is 2.12. The molecule has 78 valence electrons. The minimum Gasteiger partial charge on any atom is -0.341 e. The van der Waals surface area contributed by atoms with Gasteiger partial charge in [-0.15, -0.1) is 0 Å². The molecule has 2 atom stereocenters. The van der Waals surface area contributed by atoms with Crippen LogP contribution in [0.15, 0.2) is 18.3 Å². The van der Waals surface area contributed by atoms with Gasteiger partial charge in [0.1, 0.15) is 6.10 Å². The summed E-state index contributed by atoms with van der Waals surface area (Å²) in [6.07, 6.45) is 1.62. The molecule has 4 nitrogen and oxygen atoms in total. The highest BCUT2D eigenvalue weighted by Gasteiger charge is 2.54. The summed E-state index contributed by atoms with van der Waals surface area (Å²) in [7, 11) is 0. The first kappa shape index (κ1) is 8.85. The van der Waals surface area contributed by atoms with Crippen LogP contribution in [0.2, 0.25) is 0 Å². The monoisotopic (exact) mass is 204 g/mol. The minimum atomic E-state index is -0.0834. The van der Waals surface area contributed by atoms with Crippen LogP contribution in [-0.4, -0.2) is 28.1 Å². The average molecular weight is 204 g/mol. The summed E-state index contributed by atoms with van der Waals surface area (Å²) in [5.41, 5.74) is 1.48. The Bertz CT molecular complexity index is 430. The largest absolute Gasteiger partial charge is 0.341 e. The second-order valence-electron chi connectivity index (χ2n) is 4.19. The molecule has 1 saturated heterocycles. The van der Waals surface area contributed by atoms with E-state index in [9.17, 15) is 4.79 Å².